The van der Waals surface area contributed by atoms with Crippen molar-refractivity contribution in [2.75, 3.05) is 20.2 Å². The van der Waals surface area contributed by atoms with Gasteiger partial charge in [0.05, 0.1) is 7.11 Å². The number of hydrogen-bond donors (Lipinski definition) is 1. The third-order valence-electron chi connectivity index (χ3n) is 3.43. The van der Waals surface area contributed by atoms with Crippen molar-refractivity contribution in [2.24, 2.45) is 11.8 Å². The molecule has 0 bridgehead atoms. The highest BCUT2D eigenvalue weighted by Crippen LogP contribution is 2.26. The Morgan fingerprint density at radius 2 is 2.00 bits per heavy atom. The van der Waals surface area contributed by atoms with E-state index < -0.39 is 0 Å². The fraction of sp³-hybridized carbons (Fsp3) is 0.647. The minimum absolute atomic E-state index is 0.668. The Kier molecular flexibility index (Phi) is 8.24. The molecule has 0 aromatic heterocycles. The first-order chi connectivity index (χ1) is 9.56. The summed E-state index contributed by atoms with van der Waals surface area (Å²) >= 11 is 3.55. The number of hydrogen-bond acceptors (Lipinski definition) is 2. The predicted octanol–water partition coefficient (Wildman–Crippen LogP) is 4.66. The van der Waals surface area contributed by atoms with Crippen LogP contribution in [0.4, 0.5) is 0 Å². The molecule has 0 aliphatic carbocycles. The average molecular weight is 342 g/mol. The lowest BCUT2D eigenvalue weighted by Crippen LogP contribution is -2.27. The molecule has 0 saturated carbocycles. The van der Waals surface area contributed by atoms with Crippen molar-refractivity contribution in [1.29, 1.82) is 0 Å². The highest BCUT2D eigenvalue weighted by molar-refractivity contribution is 9.10. The number of halogens is 1. The lowest BCUT2D eigenvalue weighted by atomic mass is 9.94. The molecule has 0 radical (unpaired) electrons. The van der Waals surface area contributed by atoms with Gasteiger partial charge >= 0.3 is 0 Å². The summed E-state index contributed by atoms with van der Waals surface area (Å²) in [7, 11) is 1.75. The van der Waals surface area contributed by atoms with Crippen molar-refractivity contribution < 1.29 is 4.74 Å². The molecule has 1 atom stereocenters. The van der Waals surface area contributed by atoms with E-state index in [1.54, 1.807) is 7.11 Å². The van der Waals surface area contributed by atoms with E-state index in [1.165, 1.54) is 18.4 Å². The second-order valence-corrected chi connectivity index (χ2v) is 6.78. The molecule has 0 fully saturated rings. The Bertz CT molecular complexity index is 393. The van der Waals surface area contributed by atoms with Crippen LogP contribution in [0.1, 0.15) is 39.2 Å². The lowest BCUT2D eigenvalue weighted by Gasteiger charge is -2.19. The maximum Gasteiger partial charge on any atom is 0.122 e. The summed E-state index contributed by atoms with van der Waals surface area (Å²) < 4.78 is 6.60. The van der Waals surface area contributed by atoms with Gasteiger partial charge in [-0.2, -0.15) is 0 Å². The first-order valence-electron chi connectivity index (χ1n) is 7.59. The number of rotatable bonds is 9. The standard InChI is InChI=1S/C17H28BrNO/c1-5-6-14(12-19-11-13(2)3)9-15-10-16(18)7-8-17(15)20-4/h7-8,10,13-14,19H,5-6,9,11-12H2,1-4H3. The van der Waals surface area contributed by atoms with Crippen molar-refractivity contribution in [3.8, 4) is 5.75 Å². The third-order valence-corrected chi connectivity index (χ3v) is 3.93. The van der Waals surface area contributed by atoms with Crippen LogP contribution in [0.15, 0.2) is 22.7 Å². The molecule has 1 rings (SSSR count). The normalized spacial score (nSPS) is 12.7. The van der Waals surface area contributed by atoms with Crippen LogP contribution in [-0.4, -0.2) is 20.2 Å². The Balaban J connectivity index is 2.66. The molecular formula is C17H28BrNO. The highest BCUT2D eigenvalue weighted by atomic mass is 79.9. The van der Waals surface area contributed by atoms with Crippen LogP contribution >= 0.6 is 15.9 Å². The van der Waals surface area contributed by atoms with Crippen molar-refractivity contribution in [2.45, 2.75) is 40.0 Å². The SMILES string of the molecule is CCCC(CNCC(C)C)Cc1cc(Br)ccc1OC. The molecule has 0 aliphatic rings. The molecule has 0 amide bonds. The van der Waals surface area contributed by atoms with Crippen LogP contribution in [0.2, 0.25) is 0 Å². The van der Waals surface area contributed by atoms with Crippen molar-refractivity contribution in [1.82, 2.24) is 5.32 Å². The number of ether oxygens (including phenoxy) is 1. The minimum atomic E-state index is 0.668. The monoisotopic (exact) mass is 341 g/mol. The summed E-state index contributed by atoms with van der Waals surface area (Å²) in [5.74, 6) is 2.37. The Hall–Kier alpha value is -0.540. The van der Waals surface area contributed by atoms with E-state index in [2.05, 4.69) is 48.1 Å². The Labute approximate surface area is 132 Å². The fourth-order valence-corrected chi connectivity index (χ4v) is 2.89. The van der Waals surface area contributed by atoms with E-state index in [1.807, 2.05) is 12.1 Å². The van der Waals surface area contributed by atoms with Crippen molar-refractivity contribution in [3.05, 3.63) is 28.2 Å². The van der Waals surface area contributed by atoms with E-state index in [4.69, 9.17) is 4.74 Å². The predicted molar refractivity (Wildman–Crippen MR) is 90.5 cm³/mol. The third kappa shape index (κ3) is 6.27. The maximum absolute atomic E-state index is 5.48. The van der Waals surface area contributed by atoms with Crippen LogP contribution < -0.4 is 10.1 Å². The molecule has 1 unspecified atom stereocenters. The van der Waals surface area contributed by atoms with Gasteiger partial charge in [-0.3, -0.25) is 0 Å². The smallest absolute Gasteiger partial charge is 0.122 e. The number of nitrogens with one attached hydrogen (secondary N) is 1. The van der Waals surface area contributed by atoms with Crippen molar-refractivity contribution in [3.63, 3.8) is 0 Å². The van der Waals surface area contributed by atoms with E-state index in [-0.39, 0.29) is 0 Å². The van der Waals surface area contributed by atoms with Crippen LogP contribution in [0.25, 0.3) is 0 Å². The van der Waals surface area contributed by atoms with E-state index in [9.17, 15) is 0 Å². The largest absolute Gasteiger partial charge is 0.496 e. The summed E-state index contributed by atoms with van der Waals surface area (Å²) in [5.41, 5.74) is 1.30. The molecule has 114 valence electrons. The molecule has 1 aromatic carbocycles. The maximum atomic E-state index is 5.48. The topological polar surface area (TPSA) is 21.3 Å². The molecule has 1 N–H and O–H groups in total. The van der Waals surface area contributed by atoms with E-state index in [0.717, 1.165) is 29.7 Å². The molecular weight excluding hydrogens is 314 g/mol. The van der Waals surface area contributed by atoms with Crippen LogP contribution in [0.5, 0.6) is 5.75 Å². The molecule has 20 heavy (non-hydrogen) atoms. The van der Waals surface area contributed by atoms with Gasteiger partial charge in [-0.15, -0.1) is 0 Å². The van der Waals surface area contributed by atoms with E-state index in [0.29, 0.717) is 11.8 Å². The Morgan fingerprint density at radius 1 is 1.25 bits per heavy atom. The second kappa shape index (κ2) is 9.41. The van der Waals surface area contributed by atoms with E-state index >= 15 is 0 Å². The number of methoxy groups -OCH3 is 1. The lowest BCUT2D eigenvalue weighted by molar-refractivity contribution is 0.390. The minimum Gasteiger partial charge on any atom is -0.496 e. The molecule has 0 spiro atoms. The zero-order chi connectivity index (χ0) is 15.0. The molecule has 1 aromatic rings. The van der Waals surface area contributed by atoms with Gasteiger partial charge in [0.1, 0.15) is 5.75 Å². The van der Waals surface area contributed by atoms with Crippen molar-refractivity contribution >= 4 is 15.9 Å². The highest BCUT2D eigenvalue weighted by Gasteiger charge is 2.12. The van der Waals surface area contributed by atoms with Gasteiger partial charge in [-0.1, -0.05) is 43.1 Å². The zero-order valence-corrected chi connectivity index (χ0v) is 14.8. The first kappa shape index (κ1) is 17.5. The van der Waals surface area contributed by atoms with Gasteiger partial charge < -0.3 is 10.1 Å². The van der Waals surface area contributed by atoms with Crippen LogP contribution in [0.3, 0.4) is 0 Å². The summed E-state index contributed by atoms with van der Waals surface area (Å²) in [6, 6.07) is 6.27. The molecule has 0 saturated heterocycles. The number of benzene rings is 1. The zero-order valence-electron chi connectivity index (χ0n) is 13.2. The van der Waals surface area contributed by atoms with Gasteiger partial charge in [0.15, 0.2) is 0 Å². The molecule has 2 nitrogen and oxygen atoms in total. The van der Waals surface area contributed by atoms with Gasteiger partial charge in [-0.05, 0) is 61.5 Å². The summed E-state index contributed by atoms with van der Waals surface area (Å²) in [6.45, 7) is 8.93. The second-order valence-electron chi connectivity index (χ2n) is 5.87. The Morgan fingerprint density at radius 3 is 2.60 bits per heavy atom. The van der Waals surface area contributed by atoms with Gasteiger partial charge in [0, 0.05) is 4.47 Å². The molecule has 0 aliphatic heterocycles. The van der Waals surface area contributed by atoms with Gasteiger partial charge in [-0.25, -0.2) is 0 Å². The fourth-order valence-electron chi connectivity index (χ4n) is 2.48. The molecule has 0 heterocycles. The quantitative estimate of drug-likeness (QED) is 0.705. The summed E-state index contributed by atoms with van der Waals surface area (Å²) in [5, 5.41) is 3.59. The summed E-state index contributed by atoms with van der Waals surface area (Å²) in [4.78, 5) is 0. The average Bonchev–Trinajstić information content (AvgIpc) is 2.38. The van der Waals surface area contributed by atoms with Crippen LogP contribution in [0, 0.1) is 11.8 Å². The van der Waals surface area contributed by atoms with Gasteiger partial charge in [0.25, 0.3) is 0 Å². The first-order valence-corrected chi connectivity index (χ1v) is 8.39. The summed E-state index contributed by atoms with van der Waals surface area (Å²) in [6.07, 6.45) is 3.55. The molecule has 3 heteroatoms. The van der Waals surface area contributed by atoms with Gasteiger partial charge in [0.2, 0.25) is 0 Å². The van der Waals surface area contributed by atoms with Crippen LogP contribution in [-0.2, 0) is 6.42 Å².